The van der Waals surface area contributed by atoms with Crippen molar-refractivity contribution in [3.63, 3.8) is 0 Å². The van der Waals surface area contributed by atoms with Crippen LogP contribution in [0.2, 0.25) is 0 Å². The minimum atomic E-state index is -0.536. The lowest BCUT2D eigenvalue weighted by molar-refractivity contribution is 0.0475. The molecule has 7 nitrogen and oxygen atoms in total. The van der Waals surface area contributed by atoms with Crippen molar-refractivity contribution in [3.05, 3.63) is 52.7 Å². The van der Waals surface area contributed by atoms with Gasteiger partial charge in [0, 0.05) is 22.2 Å². The Morgan fingerprint density at radius 2 is 1.72 bits per heavy atom. The number of Topliss-reactive ketones (excluding diaryl/α,β-unsaturated/α-hetero) is 1. The molecule has 1 aliphatic carbocycles. The fourth-order valence-electron chi connectivity index (χ4n) is 4.26. The van der Waals surface area contributed by atoms with E-state index < -0.39 is 12.6 Å². The first-order chi connectivity index (χ1) is 15.4. The molecule has 4 rings (SSSR count). The molecule has 0 aliphatic heterocycles. The maximum absolute atomic E-state index is 12.7. The second kappa shape index (κ2) is 8.94. The third-order valence-corrected chi connectivity index (χ3v) is 5.99. The van der Waals surface area contributed by atoms with Crippen LogP contribution < -0.4 is 14.2 Å². The van der Waals surface area contributed by atoms with Gasteiger partial charge in [0.2, 0.25) is 11.5 Å². The van der Waals surface area contributed by atoms with Crippen LogP contribution in [0, 0.1) is 5.92 Å². The number of fused-ring (bicyclic) bond motifs is 3. The SMILES string of the molecule is COc1cc(C(=O)COC(=O)c2ccc3[nH]c4c(c3c2)C[C@H](C)CC4)cc(OC)c1OC. The lowest BCUT2D eigenvalue weighted by atomic mass is 9.87. The first-order valence-corrected chi connectivity index (χ1v) is 10.6. The van der Waals surface area contributed by atoms with Crippen LogP contribution in [-0.2, 0) is 17.6 Å². The molecule has 0 saturated carbocycles. The van der Waals surface area contributed by atoms with Crippen LogP contribution in [0.3, 0.4) is 0 Å². The predicted molar refractivity (Wildman–Crippen MR) is 120 cm³/mol. The van der Waals surface area contributed by atoms with Gasteiger partial charge in [0.05, 0.1) is 26.9 Å². The van der Waals surface area contributed by atoms with Crippen LogP contribution in [0.15, 0.2) is 30.3 Å². The molecule has 0 amide bonds. The predicted octanol–water partition coefficient (Wildman–Crippen LogP) is 4.36. The van der Waals surface area contributed by atoms with E-state index in [1.165, 1.54) is 44.7 Å². The average Bonchev–Trinajstić information content (AvgIpc) is 3.18. The number of hydrogen-bond acceptors (Lipinski definition) is 6. The van der Waals surface area contributed by atoms with E-state index in [1.807, 2.05) is 12.1 Å². The van der Waals surface area contributed by atoms with Crippen LogP contribution in [0.25, 0.3) is 10.9 Å². The summed E-state index contributed by atoms with van der Waals surface area (Å²) in [5.41, 5.74) is 4.28. The summed E-state index contributed by atoms with van der Waals surface area (Å²) < 4.78 is 21.2. The Kier molecular flexibility index (Phi) is 6.08. The molecule has 0 radical (unpaired) electrons. The summed E-state index contributed by atoms with van der Waals surface area (Å²) in [5, 5.41) is 1.05. The Bertz CT molecular complexity index is 1150. The van der Waals surface area contributed by atoms with Gasteiger partial charge in [-0.1, -0.05) is 6.92 Å². The summed E-state index contributed by atoms with van der Waals surface area (Å²) in [7, 11) is 4.44. The van der Waals surface area contributed by atoms with E-state index in [-0.39, 0.29) is 5.78 Å². The van der Waals surface area contributed by atoms with Gasteiger partial charge in [-0.2, -0.15) is 0 Å². The molecule has 1 N–H and O–H groups in total. The number of methoxy groups -OCH3 is 3. The summed E-state index contributed by atoms with van der Waals surface area (Å²) in [4.78, 5) is 28.8. The molecule has 32 heavy (non-hydrogen) atoms. The van der Waals surface area contributed by atoms with E-state index in [0.29, 0.717) is 34.3 Å². The molecule has 0 bridgehead atoms. The Hall–Kier alpha value is -3.48. The monoisotopic (exact) mass is 437 g/mol. The molecule has 0 spiro atoms. The van der Waals surface area contributed by atoms with Crippen LogP contribution in [0.4, 0.5) is 0 Å². The number of carbonyl (C=O) groups excluding carboxylic acids is 2. The maximum atomic E-state index is 12.7. The van der Waals surface area contributed by atoms with Crippen LogP contribution >= 0.6 is 0 Å². The topological polar surface area (TPSA) is 86.9 Å². The van der Waals surface area contributed by atoms with E-state index in [2.05, 4.69) is 11.9 Å². The highest BCUT2D eigenvalue weighted by Gasteiger charge is 2.22. The summed E-state index contributed by atoms with van der Waals surface area (Å²) >= 11 is 0. The minimum absolute atomic E-state index is 0.302. The van der Waals surface area contributed by atoms with Crippen molar-refractivity contribution in [1.29, 1.82) is 0 Å². The van der Waals surface area contributed by atoms with Gasteiger partial charge < -0.3 is 23.9 Å². The van der Waals surface area contributed by atoms with E-state index in [9.17, 15) is 9.59 Å². The number of benzene rings is 2. The number of nitrogens with one attached hydrogen (secondary N) is 1. The van der Waals surface area contributed by atoms with Crippen molar-refractivity contribution < 1.29 is 28.5 Å². The third-order valence-electron chi connectivity index (χ3n) is 5.99. The smallest absolute Gasteiger partial charge is 0.338 e. The van der Waals surface area contributed by atoms with Crippen molar-refractivity contribution in [2.24, 2.45) is 5.92 Å². The normalized spacial score (nSPS) is 15.2. The summed E-state index contributed by atoms with van der Waals surface area (Å²) in [6.07, 6.45) is 3.18. The van der Waals surface area contributed by atoms with Crippen LogP contribution in [0.5, 0.6) is 17.2 Å². The second-order valence-corrected chi connectivity index (χ2v) is 8.10. The second-order valence-electron chi connectivity index (χ2n) is 8.10. The van der Waals surface area contributed by atoms with Gasteiger partial charge in [0.15, 0.2) is 18.1 Å². The number of carbonyl (C=O) groups is 2. The Morgan fingerprint density at radius 1 is 1.00 bits per heavy atom. The first-order valence-electron chi connectivity index (χ1n) is 10.6. The highest BCUT2D eigenvalue weighted by Crippen LogP contribution is 2.38. The highest BCUT2D eigenvalue weighted by atomic mass is 16.5. The van der Waals surface area contributed by atoms with Crippen molar-refractivity contribution in [2.75, 3.05) is 27.9 Å². The third kappa shape index (κ3) is 4.02. The largest absolute Gasteiger partial charge is 0.493 e. The zero-order valence-corrected chi connectivity index (χ0v) is 18.7. The molecule has 0 unspecified atom stereocenters. The molecule has 0 saturated heterocycles. The highest BCUT2D eigenvalue weighted by molar-refractivity contribution is 6.01. The van der Waals surface area contributed by atoms with E-state index >= 15 is 0 Å². The Labute approximate surface area is 186 Å². The van der Waals surface area contributed by atoms with Gasteiger partial charge in [0.25, 0.3) is 0 Å². The lowest BCUT2D eigenvalue weighted by Gasteiger charge is -2.18. The number of aryl methyl sites for hydroxylation is 1. The van der Waals surface area contributed by atoms with Crippen LogP contribution in [-0.4, -0.2) is 44.7 Å². The van der Waals surface area contributed by atoms with Crippen molar-refractivity contribution in [2.45, 2.75) is 26.2 Å². The first kappa shape index (κ1) is 21.7. The van der Waals surface area contributed by atoms with Gasteiger partial charge in [-0.3, -0.25) is 4.79 Å². The molecule has 0 fully saturated rings. The Morgan fingerprint density at radius 3 is 2.38 bits per heavy atom. The molecule has 1 atom stereocenters. The summed E-state index contributed by atoms with van der Waals surface area (Å²) in [6.45, 7) is 1.85. The molecule has 1 heterocycles. The number of esters is 1. The average molecular weight is 437 g/mol. The molecule has 1 aliphatic rings. The zero-order valence-electron chi connectivity index (χ0n) is 18.7. The summed E-state index contributed by atoms with van der Waals surface area (Å²) in [5.74, 6) is 0.823. The van der Waals surface area contributed by atoms with Gasteiger partial charge in [-0.25, -0.2) is 4.79 Å². The van der Waals surface area contributed by atoms with Crippen molar-refractivity contribution >= 4 is 22.7 Å². The fraction of sp³-hybridized carbons (Fsp3) is 0.360. The maximum Gasteiger partial charge on any atom is 0.338 e. The Balaban J connectivity index is 1.51. The van der Waals surface area contributed by atoms with E-state index in [0.717, 1.165) is 30.2 Å². The number of aromatic nitrogens is 1. The quantitative estimate of drug-likeness (QED) is 0.437. The lowest BCUT2D eigenvalue weighted by Crippen LogP contribution is -2.15. The van der Waals surface area contributed by atoms with Crippen molar-refractivity contribution in [3.8, 4) is 17.2 Å². The van der Waals surface area contributed by atoms with Gasteiger partial charge in [-0.15, -0.1) is 0 Å². The molecule has 7 heteroatoms. The number of aromatic amines is 1. The molecule has 1 aromatic heterocycles. The minimum Gasteiger partial charge on any atom is -0.493 e. The van der Waals surface area contributed by atoms with Crippen LogP contribution in [0.1, 0.15) is 45.3 Å². The van der Waals surface area contributed by atoms with Gasteiger partial charge >= 0.3 is 5.97 Å². The van der Waals surface area contributed by atoms with E-state index in [1.54, 1.807) is 6.07 Å². The number of rotatable bonds is 7. The van der Waals surface area contributed by atoms with Crippen molar-refractivity contribution in [1.82, 2.24) is 4.98 Å². The zero-order chi connectivity index (χ0) is 22.8. The molecule has 3 aromatic rings. The number of ketones is 1. The molecular formula is C25H27NO6. The standard InChI is InChI=1S/C25H27NO6/c1-14-5-7-19-17(9-14)18-10-15(6-8-20(18)26-19)25(28)32-13-21(27)16-11-22(29-2)24(31-4)23(12-16)30-3/h6,8,10-12,14,26H,5,7,9,13H2,1-4H3/t14-/m1/s1. The molecule has 2 aromatic carbocycles. The molecule has 168 valence electrons. The van der Waals surface area contributed by atoms with E-state index in [4.69, 9.17) is 18.9 Å². The fourth-order valence-corrected chi connectivity index (χ4v) is 4.26. The number of H-pyrrole nitrogens is 1. The van der Waals surface area contributed by atoms with Gasteiger partial charge in [0.1, 0.15) is 0 Å². The number of ether oxygens (including phenoxy) is 4. The number of hydrogen-bond donors (Lipinski definition) is 1. The molecular weight excluding hydrogens is 410 g/mol. The summed E-state index contributed by atoms with van der Waals surface area (Å²) in [6, 6.07) is 8.55. The van der Waals surface area contributed by atoms with Gasteiger partial charge in [-0.05, 0) is 61.1 Å².